The second-order valence-electron chi connectivity index (χ2n) is 5.55. The van der Waals surface area contributed by atoms with Crippen LogP contribution in [0.15, 0.2) is 0 Å². The summed E-state index contributed by atoms with van der Waals surface area (Å²) < 4.78 is 4.10. The molecule has 4 nitrogen and oxygen atoms in total. The molecular weight excluding hydrogens is 256 g/mol. The molecule has 1 heterocycles. The molecule has 0 saturated heterocycles. The molecule has 1 rings (SSSR count). The highest BCUT2D eigenvalue weighted by molar-refractivity contribution is 7.05. The first-order valence-corrected chi connectivity index (χ1v) is 8.19. The van der Waals surface area contributed by atoms with E-state index in [9.17, 15) is 0 Å². The van der Waals surface area contributed by atoms with E-state index in [0.29, 0.717) is 5.92 Å². The SMILES string of the molecule is CCCCC(CC)CC(NN)c1snnc1C(C)C. The first-order valence-electron chi connectivity index (χ1n) is 7.42. The Labute approximate surface area is 121 Å². The van der Waals surface area contributed by atoms with Gasteiger partial charge in [0, 0.05) is 0 Å². The molecule has 110 valence electrons. The Kier molecular flexibility index (Phi) is 7.49. The van der Waals surface area contributed by atoms with Crippen LogP contribution in [0.2, 0.25) is 0 Å². The molecule has 0 saturated carbocycles. The minimum atomic E-state index is 0.194. The van der Waals surface area contributed by atoms with Crippen LogP contribution in [0, 0.1) is 5.92 Å². The number of hydrogen-bond donors (Lipinski definition) is 2. The number of nitrogens with one attached hydrogen (secondary N) is 1. The van der Waals surface area contributed by atoms with Crippen molar-refractivity contribution in [3.63, 3.8) is 0 Å². The topological polar surface area (TPSA) is 63.8 Å². The molecule has 0 aliphatic carbocycles. The molecule has 3 N–H and O–H groups in total. The van der Waals surface area contributed by atoms with Gasteiger partial charge in [0.2, 0.25) is 0 Å². The quantitative estimate of drug-likeness (QED) is 0.535. The van der Waals surface area contributed by atoms with Crippen molar-refractivity contribution < 1.29 is 0 Å². The molecule has 2 unspecified atom stereocenters. The zero-order valence-electron chi connectivity index (χ0n) is 12.6. The molecule has 0 radical (unpaired) electrons. The smallest absolute Gasteiger partial charge is 0.0829 e. The molecule has 0 spiro atoms. The van der Waals surface area contributed by atoms with Crippen LogP contribution in [-0.4, -0.2) is 9.59 Å². The normalized spacial score (nSPS) is 14.8. The fraction of sp³-hybridized carbons (Fsp3) is 0.857. The predicted molar refractivity (Wildman–Crippen MR) is 82.0 cm³/mol. The van der Waals surface area contributed by atoms with Crippen LogP contribution in [0.5, 0.6) is 0 Å². The van der Waals surface area contributed by atoms with Crippen molar-refractivity contribution in [2.75, 3.05) is 0 Å². The summed E-state index contributed by atoms with van der Waals surface area (Å²) in [7, 11) is 0. The average Bonchev–Trinajstić information content (AvgIpc) is 2.88. The highest BCUT2D eigenvalue weighted by atomic mass is 32.1. The Balaban J connectivity index is 2.73. The van der Waals surface area contributed by atoms with E-state index in [-0.39, 0.29) is 6.04 Å². The first-order chi connectivity index (χ1) is 9.13. The zero-order chi connectivity index (χ0) is 14.3. The van der Waals surface area contributed by atoms with Crippen molar-refractivity contribution in [2.24, 2.45) is 11.8 Å². The van der Waals surface area contributed by atoms with Gasteiger partial charge in [0.25, 0.3) is 0 Å². The highest BCUT2D eigenvalue weighted by Gasteiger charge is 2.22. The van der Waals surface area contributed by atoms with E-state index < -0.39 is 0 Å². The molecule has 1 aromatic rings. The molecule has 5 heteroatoms. The van der Waals surface area contributed by atoms with Crippen molar-refractivity contribution in [3.8, 4) is 0 Å². The fourth-order valence-corrected chi connectivity index (χ4v) is 3.29. The maximum absolute atomic E-state index is 5.77. The maximum atomic E-state index is 5.77. The lowest BCUT2D eigenvalue weighted by Gasteiger charge is -2.22. The third-order valence-corrected chi connectivity index (χ3v) is 4.57. The molecular formula is C14H28N4S. The second-order valence-corrected chi connectivity index (χ2v) is 6.33. The summed E-state index contributed by atoms with van der Waals surface area (Å²) >= 11 is 1.48. The van der Waals surface area contributed by atoms with E-state index in [4.69, 9.17) is 5.84 Å². The predicted octanol–water partition coefficient (Wildman–Crippen LogP) is 3.77. The lowest BCUT2D eigenvalue weighted by Crippen LogP contribution is -2.30. The summed E-state index contributed by atoms with van der Waals surface area (Å²) in [5, 5.41) is 4.25. The summed E-state index contributed by atoms with van der Waals surface area (Å²) in [6.45, 7) is 8.82. The Bertz CT molecular complexity index is 351. The summed E-state index contributed by atoms with van der Waals surface area (Å²) in [6.07, 6.45) is 6.14. The number of hydrogen-bond acceptors (Lipinski definition) is 5. The van der Waals surface area contributed by atoms with Gasteiger partial charge in [-0.2, -0.15) is 0 Å². The van der Waals surface area contributed by atoms with Crippen LogP contribution in [0.3, 0.4) is 0 Å². The maximum Gasteiger partial charge on any atom is 0.0829 e. The third-order valence-electron chi connectivity index (χ3n) is 3.72. The largest absolute Gasteiger partial charge is 0.271 e. The molecule has 0 bridgehead atoms. The molecule has 0 aliphatic rings. The van der Waals surface area contributed by atoms with Crippen molar-refractivity contribution in [1.29, 1.82) is 0 Å². The van der Waals surface area contributed by atoms with Gasteiger partial charge in [0.1, 0.15) is 0 Å². The van der Waals surface area contributed by atoms with Gasteiger partial charge in [-0.15, -0.1) is 5.10 Å². The minimum Gasteiger partial charge on any atom is -0.271 e. The molecule has 1 aromatic heterocycles. The van der Waals surface area contributed by atoms with Crippen molar-refractivity contribution in [2.45, 2.75) is 71.8 Å². The van der Waals surface area contributed by atoms with Gasteiger partial charge in [-0.3, -0.25) is 11.3 Å². The summed E-state index contributed by atoms with van der Waals surface area (Å²) in [5.41, 5.74) is 4.07. The molecule has 0 aromatic carbocycles. The Morgan fingerprint density at radius 3 is 2.58 bits per heavy atom. The van der Waals surface area contributed by atoms with E-state index in [1.54, 1.807) is 0 Å². The standard InChI is InChI=1S/C14H28N4S/c1-5-7-8-11(6-2)9-12(16-15)14-13(10(3)4)17-18-19-14/h10-12,16H,5-9,15H2,1-4H3. The van der Waals surface area contributed by atoms with Gasteiger partial charge in [0.05, 0.1) is 16.6 Å². The number of unbranched alkanes of at least 4 members (excludes halogenated alkanes) is 1. The molecule has 0 fully saturated rings. The van der Waals surface area contributed by atoms with Gasteiger partial charge < -0.3 is 0 Å². The first kappa shape index (κ1) is 16.5. The lowest BCUT2D eigenvalue weighted by atomic mass is 9.90. The highest BCUT2D eigenvalue weighted by Crippen LogP contribution is 2.32. The van der Waals surface area contributed by atoms with E-state index in [1.807, 2.05) is 0 Å². The Hall–Kier alpha value is -0.520. The summed E-state index contributed by atoms with van der Waals surface area (Å²) in [4.78, 5) is 1.22. The van der Waals surface area contributed by atoms with Crippen molar-refractivity contribution in [1.82, 2.24) is 15.0 Å². The Morgan fingerprint density at radius 1 is 1.32 bits per heavy atom. The molecule has 19 heavy (non-hydrogen) atoms. The van der Waals surface area contributed by atoms with Crippen molar-refractivity contribution >= 4 is 11.5 Å². The van der Waals surface area contributed by atoms with E-state index in [0.717, 1.165) is 18.0 Å². The van der Waals surface area contributed by atoms with E-state index in [1.165, 1.54) is 42.1 Å². The molecule has 2 atom stereocenters. The average molecular weight is 284 g/mol. The summed E-state index contributed by atoms with van der Waals surface area (Å²) in [5.74, 6) is 6.89. The monoisotopic (exact) mass is 284 g/mol. The van der Waals surface area contributed by atoms with Crippen LogP contribution in [-0.2, 0) is 0 Å². The van der Waals surface area contributed by atoms with Gasteiger partial charge in [-0.1, -0.05) is 57.9 Å². The van der Waals surface area contributed by atoms with Gasteiger partial charge in [-0.05, 0) is 29.8 Å². The van der Waals surface area contributed by atoms with Gasteiger partial charge in [0.15, 0.2) is 0 Å². The number of nitrogens with two attached hydrogens (primary N) is 1. The van der Waals surface area contributed by atoms with Crippen LogP contribution < -0.4 is 11.3 Å². The third kappa shape index (κ3) is 4.82. The van der Waals surface area contributed by atoms with E-state index in [2.05, 4.69) is 42.7 Å². The fourth-order valence-electron chi connectivity index (χ4n) is 2.41. The van der Waals surface area contributed by atoms with Crippen LogP contribution in [0.25, 0.3) is 0 Å². The second kappa shape index (κ2) is 8.61. The number of aromatic nitrogens is 2. The van der Waals surface area contributed by atoms with Crippen molar-refractivity contribution in [3.05, 3.63) is 10.6 Å². The summed E-state index contributed by atoms with van der Waals surface area (Å²) in [6, 6.07) is 0.194. The molecule has 0 aliphatic heterocycles. The van der Waals surface area contributed by atoms with Gasteiger partial charge in [-0.25, -0.2) is 0 Å². The molecule has 0 amide bonds. The van der Waals surface area contributed by atoms with E-state index >= 15 is 0 Å². The zero-order valence-corrected chi connectivity index (χ0v) is 13.5. The van der Waals surface area contributed by atoms with Crippen LogP contribution >= 0.6 is 11.5 Å². The Morgan fingerprint density at radius 2 is 2.05 bits per heavy atom. The number of nitrogens with zero attached hydrogens (tertiary/aromatic N) is 2. The number of rotatable bonds is 9. The number of hydrazine groups is 1. The van der Waals surface area contributed by atoms with Gasteiger partial charge >= 0.3 is 0 Å². The van der Waals surface area contributed by atoms with Crippen LogP contribution in [0.4, 0.5) is 0 Å². The minimum absolute atomic E-state index is 0.194. The van der Waals surface area contributed by atoms with Crippen LogP contribution in [0.1, 0.15) is 82.3 Å². The lowest BCUT2D eigenvalue weighted by molar-refractivity contribution is 0.357.